The summed E-state index contributed by atoms with van der Waals surface area (Å²) in [6, 6.07) is 2.00. The number of rotatable bonds is 2. The van der Waals surface area contributed by atoms with Crippen molar-refractivity contribution >= 4 is 33.2 Å². The Morgan fingerprint density at radius 1 is 1.64 bits per heavy atom. The van der Waals surface area contributed by atoms with E-state index < -0.39 is 11.4 Å². The Hall–Kier alpha value is -0.350. The lowest BCUT2D eigenvalue weighted by molar-refractivity contribution is -0.147. The third kappa shape index (κ3) is 1.32. The Bertz CT molecular complexity index is 379. The van der Waals surface area contributed by atoms with Gasteiger partial charge in [-0.2, -0.15) is 0 Å². The predicted molar refractivity (Wildman–Crippen MR) is 59.9 cm³/mol. The Morgan fingerprint density at radius 3 is 2.57 bits per heavy atom. The van der Waals surface area contributed by atoms with Crippen molar-refractivity contribution in [1.82, 2.24) is 0 Å². The average Bonchev–Trinajstić information content (AvgIpc) is 2.27. The Balaban J connectivity index is 2.46. The maximum atomic E-state index is 11.3. The van der Waals surface area contributed by atoms with E-state index in [0.29, 0.717) is 0 Å². The Morgan fingerprint density at radius 2 is 2.29 bits per heavy atom. The maximum absolute atomic E-state index is 11.3. The lowest BCUT2D eigenvalue weighted by Crippen LogP contribution is -2.41. The highest BCUT2D eigenvalue weighted by Gasteiger charge is 2.48. The first-order chi connectivity index (χ1) is 6.56. The second-order valence-electron chi connectivity index (χ2n) is 3.77. The minimum Gasteiger partial charge on any atom is -0.481 e. The van der Waals surface area contributed by atoms with Gasteiger partial charge >= 0.3 is 5.97 Å². The molecule has 4 heteroatoms. The predicted octanol–water partition coefficient (Wildman–Crippen LogP) is 3.33. The molecule has 0 aliphatic heterocycles. The van der Waals surface area contributed by atoms with Gasteiger partial charge in [-0.05, 0) is 41.8 Å². The van der Waals surface area contributed by atoms with Gasteiger partial charge in [0.1, 0.15) is 5.41 Å². The first kappa shape index (κ1) is 10.2. The van der Waals surface area contributed by atoms with Crippen LogP contribution in [0.25, 0.3) is 0 Å². The van der Waals surface area contributed by atoms with E-state index in [4.69, 9.17) is 0 Å². The Kier molecular flexibility index (Phi) is 2.43. The molecule has 1 aliphatic rings. The molecular formula is C10H11BrO2S. The molecule has 0 aromatic carbocycles. The van der Waals surface area contributed by atoms with Gasteiger partial charge in [-0.1, -0.05) is 6.42 Å². The normalized spacial score (nSPS) is 19.0. The Labute approximate surface area is 95.1 Å². The first-order valence-corrected chi connectivity index (χ1v) is 6.17. The summed E-state index contributed by atoms with van der Waals surface area (Å²) in [7, 11) is 0. The molecule has 0 amide bonds. The molecule has 2 rings (SSSR count). The molecular weight excluding hydrogens is 264 g/mol. The van der Waals surface area contributed by atoms with Crippen LogP contribution in [0, 0.1) is 6.92 Å². The number of hydrogen-bond acceptors (Lipinski definition) is 2. The van der Waals surface area contributed by atoms with Gasteiger partial charge in [-0.15, -0.1) is 11.3 Å². The van der Waals surface area contributed by atoms with Crippen LogP contribution >= 0.6 is 27.3 Å². The molecule has 1 N–H and O–H groups in total. The summed E-state index contributed by atoms with van der Waals surface area (Å²) >= 11 is 5.04. The molecule has 1 aromatic rings. The summed E-state index contributed by atoms with van der Waals surface area (Å²) in [5.74, 6) is -0.675. The second-order valence-corrected chi connectivity index (χ2v) is 5.89. The third-order valence-electron chi connectivity index (χ3n) is 2.86. The smallest absolute Gasteiger partial charge is 0.315 e. The van der Waals surface area contributed by atoms with E-state index in [1.807, 2.05) is 13.0 Å². The molecule has 0 atom stereocenters. The van der Waals surface area contributed by atoms with Crippen LogP contribution in [-0.4, -0.2) is 11.1 Å². The number of hydrogen-bond donors (Lipinski definition) is 1. The molecule has 0 saturated heterocycles. The van der Waals surface area contributed by atoms with Crippen molar-refractivity contribution in [2.75, 3.05) is 0 Å². The topological polar surface area (TPSA) is 37.3 Å². The second kappa shape index (κ2) is 3.35. The summed E-state index contributed by atoms with van der Waals surface area (Å²) in [5.41, 5.74) is -0.586. The minimum absolute atomic E-state index is 0.586. The molecule has 2 nitrogen and oxygen atoms in total. The number of carboxylic acids is 1. The van der Waals surface area contributed by atoms with Crippen LogP contribution < -0.4 is 0 Å². The number of carbonyl (C=O) groups is 1. The molecule has 14 heavy (non-hydrogen) atoms. The average molecular weight is 275 g/mol. The van der Waals surface area contributed by atoms with Crippen LogP contribution in [0.1, 0.15) is 29.0 Å². The van der Waals surface area contributed by atoms with Crippen molar-refractivity contribution in [3.05, 3.63) is 20.3 Å². The van der Waals surface area contributed by atoms with Crippen molar-refractivity contribution in [3.63, 3.8) is 0 Å². The lowest BCUT2D eigenvalue weighted by atomic mass is 9.68. The molecule has 1 aliphatic carbocycles. The van der Waals surface area contributed by atoms with E-state index in [2.05, 4.69) is 15.9 Å². The minimum atomic E-state index is -0.675. The largest absolute Gasteiger partial charge is 0.481 e. The molecule has 1 aromatic heterocycles. The molecule has 0 unspecified atom stereocenters. The van der Waals surface area contributed by atoms with Gasteiger partial charge in [0.05, 0.1) is 0 Å². The molecule has 1 saturated carbocycles. The molecule has 0 radical (unpaired) electrons. The van der Waals surface area contributed by atoms with Gasteiger partial charge in [0.25, 0.3) is 0 Å². The van der Waals surface area contributed by atoms with Gasteiger partial charge < -0.3 is 5.11 Å². The molecule has 0 bridgehead atoms. The van der Waals surface area contributed by atoms with Crippen molar-refractivity contribution < 1.29 is 9.90 Å². The quantitative estimate of drug-likeness (QED) is 0.898. The molecule has 1 fully saturated rings. The number of carboxylic acid groups (broad SMARTS) is 1. The summed E-state index contributed by atoms with van der Waals surface area (Å²) < 4.78 is 0.960. The van der Waals surface area contributed by atoms with E-state index in [9.17, 15) is 9.90 Å². The van der Waals surface area contributed by atoms with Crippen molar-refractivity contribution in [2.24, 2.45) is 0 Å². The van der Waals surface area contributed by atoms with E-state index in [0.717, 1.165) is 28.6 Å². The van der Waals surface area contributed by atoms with E-state index >= 15 is 0 Å². The van der Waals surface area contributed by atoms with Crippen LogP contribution in [0.15, 0.2) is 10.5 Å². The number of halogens is 1. The fraction of sp³-hybridized carbons (Fsp3) is 0.500. The highest BCUT2D eigenvalue weighted by molar-refractivity contribution is 9.10. The van der Waals surface area contributed by atoms with Crippen LogP contribution in [0.2, 0.25) is 0 Å². The van der Waals surface area contributed by atoms with Gasteiger partial charge in [-0.25, -0.2) is 0 Å². The molecule has 0 spiro atoms. The fourth-order valence-corrected chi connectivity index (χ4v) is 4.14. The number of aliphatic carboxylic acids is 1. The van der Waals surface area contributed by atoms with Gasteiger partial charge in [0.15, 0.2) is 0 Å². The molecule has 76 valence electrons. The van der Waals surface area contributed by atoms with E-state index in [-0.39, 0.29) is 0 Å². The van der Waals surface area contributed by atoms with Crippen LogP contribution in [-0.2, 0) is 10.2 Å². The van der Waals surface area contributed by atoms with E-state index in [1.54, 1.807) is 11.3 Å². The summed E-state index contributed by atoms with van der Waals surface area (Å²) in [6.45, 7) is 2.01. The summed E-state index contributed by atoms with van der Waals surface area (Å²) in [6.07, 6.45) is 2.58. The monoisotopic (exact) mass is 274 g/mol. The van der Waals surface area contributed by atoms with Crippen LogP contribution in [0.4, 0.5) is 0 Å². The lowest BCUT2D eigenvalue weighted by Gasteiger charge is -2.37. The zero-order valence-corrected chi connectivity index (χ0v) is 10.2. The maximum Gasteiger partial charge on any atom is 0.315 e. The highest BCUT2D eigenvalue weighted by atomic mass is 79.9. The summed E-state index contributed by atoms with van der Waals surface area (Å²) in [4.78, 5) is 13.4. The van der Waals surface area contributed by atoms with Gasteiger partial charge in [0, 0.05) is 14.2 Å². The van der Waals surface area contributed by atoms with Crippen molar-refractivity contribution in [2.45, 2.75) is 31.6 Å². The van der Waals surface area contributed by atoms with Crippen molar-refractivity contribution in [1.29, 1.82) is 0 Å². The zero-order chi connectivity index (χ0) is 10.3. The highest BCUT2D eigenvalue weighted by Crippen LogP contribution is 2.49. The van der Waals surface area contributed by atoms with Gasteiger partial charge in [0.2, 0.25) is 0 Å². The number of aryl methyl sites for hydroxylation is 1. The van der Waals surface area contributed by atoms with Crippen molar-refractivity contribution in [3.8, 4) is 0 Å². The first-order valence-electron chi connectivity index (χ1n) is 4.56. The van der Waals surface area contributed by atoms with Gasteiger partial charge in [-0.3, -0.25) is 4.79 Å². The number of thiophene rings is 1. The summed E-state index contributed by atoms with van der Waals surface area (Å²) in [5, 5.41) is 9.26. The molecule has 1 heterocycles. The third-order valence-corrected chi connectivity index (χ3v) is 5.00. The van der Waals surface area contributed by atoms with Crippen LogP contribution in [0.3, 0.4) is 0 Å². The SMILES string of the molecule is Cc1cc(Br)c(C2(C(=O)O)CCC2)s1. The standard InChI is InChI=1S/C10H11BrO2S/c1-6-5-7(11)8(14-6)10(9(12)13)3-2-4-10/h5H,2-4H2,1H3,(H,12,13). The fourth-order valence-electron chi connectivity index (χ4n) is 1.88. The van der Waals surface area contributed by atoms with Crippen LogP contribution in [0.5, 0.6) is 0 Å². The van der Waals surface area contributed by atoms with E-state index in [1.165, 1.54) is 4.88 Å². The zero-order valence-electron chi connectivity index (χ0n) is 7.84.